The molecule has 4 heteroatoms. The molecule has 1 fully saturated rings. The van der Waals surface area contributed by atoms with Crippen LogP contribution in [0.25, 0.3) is 0 Å². The van der Waals surface area contributed by atoms with Gasteiger partial charge in [-0.05, 0) is 56.0 Å². The average Bonchev–Trinajstić information content (AvgIpc) is 2.27. The van der Waals surface area contributed by atoms with Crippen molar-refractivity contribution in [2.45, 2.75) is 19.3 Å². The van der Waals surface area contributed by atoms with E-state index in [0.29, 0.717) is 17.9 Å². The van der Waals surface area contributed by atoms with Gasteiger partial charge in [-0.2, -0.15) is 0 Å². The number of piperidine rings is 1. The summed E-state index contributed by atoms with van der Waals surface area (Å²) in [6, 6.07) is 2.26. The zero-order valence-corrected chi connectivity index (χ0v) is 9.66. The van der Waals surface area contributed by atoms with Gasteiger partial charge in [-0.15, -0.1) is 0 Å². The molecule has 16 heavy (non-hydrogen) atoms. The maximum Gasteiger partial charge on any atom is 0.145 e. The second-order valence-electron chi connectivity index (χ2n) is 4.28. The van der Waals surface area contributed by atoms with Crippen molar-refractivity contribution < 1.29 is 8.78 Å². The van der Waals surface area contributed by atoms with Gasteiger partial charge in [0.1, 0.15) is 11.6 Å². The van der Waals surface area contributed by atoms with Crippen LogP contribution in [0, 0.1) is 17.6 Å². The van der Waals surface area contributed by atoms with Crippen LogP contribution in [0.2, 0.25) is 5.02 Å². The highest BCUT2D eigenvalue weighted by Crippen LogP contribution is 2.24. The molecule has 1 N–H and O–H groups in total. The third-order valence-corrected chi connectivity index (χ3v) is 3.25. The van der Waals surface area contributed by atoms with Gasteiger partial charge < -0.3 is 5.32 Å². The number of benzene rings is 1. The Labute approximate surface area is 98.8 Å². The molecule has 0 aromatic heterocycles. The zero-order valence-electron chi connectivity index (χ0n) is 8.90. The summed E-state index contributed by atoms with van der Waals surface area (Å²) in [5.41, 5.74) is 0.388. The van der Waals surface area contributed by atoms with E-state index in [9.17, 15) is 8.78 Å². The highest BCUT2D eigenvalue weighted by Gasteiger charge is 2.17. The molecule has 0 amide bonds. The molecule has 1 aliphatic heterocycles. The van der Waals surface area contributed by atoms with Crippen molar-refractivity contribution in [1.82, 2.24) is 5.32 Å². The van der Waals surface area contributed by atoms with Crippen molar-refractivity contribution in [2.75, 3.05) is 13.1 Å². The third-order valence-electron chi connectivity index (χ3n) is 2.98. The fourth-order valence-corrected chi connectivity index (χ4v) is 2.39. The number of nitrogens with one attached hydrogen (secondary N) is 1. The van der Waals surface area contributed by atoms with E-state index in [1.54, 1.807) is 0 Å². The molecule has 1 saturated heterocycles. The summed E-state index contributed by atoms with van der Waals surface area (Å²) in [4.78, 5) is 0. The molecule has 2 rings (SSSR count). The fraction of sp³-hybridized carbons (Fsp3) is 0.500. The standard InChI is InChI=1S/C12H14ClF2N/c13-11-6-10(14)5-9(12(11)15)4-8-2-1-3-16-7-8/h5-6,8,16H,1-4,7H2. The minimum Gasteiger partial charge on any atom is -0.316 e. The van der Waals surface area contributed by atoms with Gasteiger partial charge in [0, 0.05) is 0 Å². The molecule has 1 aliphatic rings. The second kappa shape index (κ2) is 5.11. The molecule has 0 bridgehead atoms. The van der Waals surface area contributed by atoms with Crippen LogP contribution in [0.1, 0.15) is 18.4 Å². The Morgan fingerprint density at radius 1 is 1.38 bits per heavy atom. The number of halogens is 3. The summed E-state index contributed by atoms with van der Waals surface area (Å²) >= 11 is 5.61. The lowest BCUT2D eigenvalue weighted by Gasteiger charge is -2.23. The largest absolute Gasteiger partial charge is 0.316 e. The molecule has 1 heterocycles. The molecule has 1 unspecified atom stereocenters. The first-order valence-electron chi connectivity index (χ1n) is 5.51. The Kier molecular flexibility index (Phi) is 3.77. The first-order chi connectivity index (χ1) is 7.66. The van der Waals surface area contributed by atoms with Gasteiger partial charge >= 0.3 is 0 Å². The Hall–Kier alpha value is -0.670. The Morgan fingerprint density at radius 3 is 2.88 bits per heavy atom. The second-order valence-corrected chi connectivity index (χ2v) is 4.68. The summed E-state index contributed by atoms with van der Waals surface area (Å²) in [7, 11) is 0. The third kappa shape index (κ3) is 2.71. The lowest BCUT2D eigenvalue weighted by Crippen LogP contribution is -2.31. The minimum absolute atomic E-state index is 0.126. The van der Waals surface area contributed by atoms with Crippen LogP contribution in [-0.2, 0) is 6.42 Å². The van der Waals surface area contributed by atoms with Gasteiger partial charge in [0.2, 0.25) is 0 Å². The molecular weight excluding hydrogens is 232 g/mol. The minimum atomic E-state index is -0.478. The molecule has 88 valence electrons. The zero-order chi connectivity index (χ0) is 11.5. The summed E-state index contributed by atoms with van der Waals surface area (Å²) in [5, 5.41) is 3.13. The quantitative estimate of drug-likeness (QED) is 0.790. The van der Waals surface area contributed by atoms with E-state index < -0.39 is 11.6 Å². The van der Waals surface area contributed by atoms with Gasteiger partial charge in [-0.1, -0.05) is 11.6 Å². The van der Waals surface area contributed by atoms with E-state index in [2.05, 4.69) is 5.32 Å². The smallest absolute Gasteiger partial charge is 0.145 e. The maximum absolute atomic E-state index is 13.6. The molecule has 1 aromatic carbocycles. The number of hydrogen-bond donors (Lipinski definition) is 1. The van der Waals surface area contributed by atoms with Crippen molar-refractivity contribution in [2.24, 2.45) is 5.92 Å². The van der Waals surface area contributed by atoms with Crippen LogP contribution in [0.3, 0.4) is 0 Å². The average molecular weight is 246 g/mol. The summed E-state index contributed by atoms with van der Waals surface area (Å²) < 4.78 is 26.7. The van der Waals surface area contributed by atoms with E-state index in [4.69, 9.17) is 11.6 Å². The van der Waals surface area contributed by atoms with E-state index in [1.807, 2.05) is 0 Å². The Balaban J connectivity index is 2.13. The van der Waals surface area contributed by atoms with Crippen molar-refractivity contribution >= 4 is 11.6 Å². The predicted octanol–water partition coefficient (Wildman–Crippen LogP) is 3.16. The van der Waals surface area contributed by atoms with Crippen LogP contribution in [0.15, 0.2) is 12.1 Å². The fourth-order valence-electron chi connectivity index (χ4n) is 2.17. The van der Waals surface area contributed by atoms with Crippen molar-refractivity contribution in [3.05, 3.63) is 34.4 Å². The molecule has 0 aliphatic carbocycles. The van der Waals surface area contributed by atoms with Crippen LogP contribution in [0.4, 0.5) is 8.78 Å². The summed E-state index contributed by atoms with van der Waals surface area (Å²) in [5.74, 6) is -0.570. The SMILES string of the molecule is Fc1cc(Cl)c(F)c(CC2CCCNC2)c1. The van der Waals surface area contributed by atoms with Crippen LogP contribution in [-0.4, -0.2) is 13.1 Å². The molecular formula is C12H14ClF2N. The topological polar surface area (TPSA) is 12.0 Å². The lowest BCUT2D eigenvalue weighted by atomic mass is 9.92. The van der Waals surface area contributed by atoms with E-state index in [0.717, 1.165) is 32.0 Å². The van der Waals surface area contributed by atoms with E-state index in [1.165, 1.54) is 6.07 Å². The maximum atomic E-state index is 13.6. The summed E-state index contributed by atoms with van der Waals surface area (Å²) in [6.45, 7) is 1.89. The molecule has 0 spiro atoms. The first-order valence-corrected chi connectivity index (χ1v) is 5.89. The van der Waals surface area contributed by atoms with E-state index in [-0.39, 0.29) is 5.02 Å². The van der Waals surface area contributed by atoms with Crippen LogP contribution in [0.5, 0.6) is 0 Å². The van der Waals surface area contributed by atoms with Crippen molar-refractivity contribution in [3.63, 3.8) is 0 Å². The van der Waals surface area contributed by atoms with Crippen molar-refractivity contribution in [1.29, 1.82) is 0 Å². The van der Waals surface area contributed by atoms with Gasteiger partial charge in [-0.3, -0.25) is 0 Å². The lowest BCUT2D eigenvalue weighted by molar-refractivity contribution is 0.371. The molecule has 1 aromatic rings. The summed E-state index contributed by atoms with van der Waals surface area (Å²) in [6.07, 6.45) is 2.70. The molecule has 0 radical (unpaired) electrons. The van der Waals surface area contributed by atoms with Gasteiger partial charge in [0.15, 0.2) is 0 Å². The van der Waals surface area contributed by atoms with Crippen LogP contribution >= 0.6 is 11.6 Å². The predicted molar refractivity (Wildman–Crippen MR) is 60.7 cm³/mol. The van der Waals surface area contributed by atoms with Gasteiger partial charge in [0.25, 0.3) is 0 Å². The Morgan fingerprint density at radius 2 is 2.19 bits per heavy atom. The molecule has 1 nitrogen and oxygen atoms in total. The highest BCUT2D eigenvalue weighted by atomic mass is 35.5. The van der Waals surface area contributed by atoms with Crippen molar-refractivity contribution in [3.8, 4) is 0 Å². The first kappa shape index (κ1) is 11.8. The Bertz CT molecular complexity index is 376. The highest BCUT2D eigenvalue weighted by molar-refractivity contribution is 6.30. The van der Waals surface area contributed by atoms with E-state index >= 15 is 0 Å². The molecule has 1 atom stereocenters. The monoisotopic (exact) mass is 245 g/mol. The molecule has 0 saturated carbocycles. The normalized spacial score (nSPS) is 21.1. The van der Waals surface area contributed by atoms with Gasteiger partial charge in [-0.25, -0.2) is 8.78 Å². The van der Waals surface area contributed by atoms with Crippen LogP contribution < -0.4 is 5.32 Å². The van der Waals surface area contributed by atoms with Gasteiger partial charge in [0.05, 0.1) is 5.02 Å². The number of hydrogen-bond acceptors (Lipinski definition) is 1. The number of rotatable bonds is 2.